The van der Waals surface area contributed by atoms with E-state index < -0.39 is 23.3 Å². The number of likely N-dealkylation sites (tertiary alicyclic amines) is 1. The molecule has 1 aromatic rings. The lowest BCUT2D eigenvalue weighted by Crippen LogP contribution is -2.44. The zero-order valence-corrected chi connectivity index (χ0v) is 22.1. The Morgan fingerprint density at radius 2 is 1.69 bits per heavy atom. The zero-order chi connectivity index (χ0) is 25.8. The van der Waals surface area contributed by atoms with E-state index in [1.807, 2.05) is 46.8 Å². The molecule has 2 aliphatic heterocycles. The lowest BCUT2D eigenvalue weighted by Gasteiger charge is -2.38. The first-order chi connectivity index (χ1) is 16.1. The number of anilines is 1. The van der Waals surface area contributed by atoms with Crippen LogP contribution in [-0.4, -0.2) is 65.1 Å². The molecule has 0 radical (unpaired) electrons. The number of piperidine rings is 2. The predicted octanol–water partition coefficient (Wildman–Crippen LogP) is 4.45. The van der Waals surface area contributed by atoms with E-state index in [1.54, 1.807) is 0 Å². The van der Waals surface area contributed by atoms with Crippen LogP contribution in [0.5, 0.6) is 5.88 Å². The highest BCUT2D eigenvalue weighted by Crippen LogP contribution is 2.48. The molecule has 1 aliphatic carbocycles. The lowest BCUT2D eigenvalue weighted by atomic mass is 9.82. The summed E-state index contributed by atoms with van der Waals surface area (Å²) in [6, 6.07) is 3.92. The molecule has 4 rings (SSSR count). The molecule has 3 fully saturated rings. The van der Waals surface area contributed by atoms with Crippen molar-refractivity contribution in [1.82, 2.24) is 15.2 Å². The van der Waals surface area contributed by atoms with E-state index >= 15 is 0 Å². The van der Waals surface area contributed by atoms with Gasteiger partial charge >= 0.3 is 12.2 Å². The van der Waals surface area contributed by atoms with Crippen molar-refractivity contribution in [2.45, 2.75) is 78.6 Å². The summed E-state index contributed by atoms with van der Waals surface area (Å²) in [6.45, 7) is 16.8. The second-order valence-corrected chi connectivity index (χ2v) is 12.6. The van der Waals surface area contributed by atoms with Gasteiger partial charge in [-0.2, -0.15) is 4.98 Å². The number of amides is 2. The summed E-state index contributed by atoms with van der Waals surface area (Å²) in [7, 11) is 0. The molecule has 3 aliphatic rings. The normalized spacial score (nSPS) is 25.6. The van der Waals surface area contributed by atoms with Crippen LogP contribution in [0, 0.1) is 17.3 Å². The van der Waals surface area contributed by atoms with Crippen LogP contribution < -0.4 is 15.0 Å². The summed E-state index contributed by atoms with van der Waals surface area (Å²) < 4.78 is 11.8. The number of fused-ring (bicyclic) bond motifs is 1. The minimum atomic E-state index is -0.874. The molecule has 9 heteroatoms. The van der Waals surface area contributed by atoms with E-state index in [0.717, 1.165) is 37.3 Å². The Morgan fingerprint density at radius 3 is 2.23 bits per heavy atom. The number of nitrogens with one attached hydrogen (secondary N) is 1. The monoisotopic (exact) mass is 488 g/mol. The van der Waals surface area contributed by atoms with Crippen LogP contribution in [0.3, 0.4) is 0 Å². The number of hydrogen-bond acceptors (Lipinski definition) is 6. The largest absolute Gasteiger partial charge is 0.474 e. The van der Waals surface area contributed by atoms with Gasteiger partial charge in [0.1, 0.15) is 17.5 Å². The molecule has 2 atom stereocenters. The molecule has 35 heavy (non-hydrogen) atoms. The molecule has 1 aromatic heterocycles. The summed E-state index contributed by atoms with van der Waals surface area (Å²) in [4.78, 5) is 32.4. The van der Waals surface area contributed by atoms with Crippen molar-refractivity contribution in [2.24, 2.45) is 17.3 Å². The summed E-state index contributed by atoms with van der Waals surface area (Å²) in [5, 5.41) is 12.2. The average molecular weight is 489 g/mol. The Bertz CT molecular complexity index is 964. The first-order valence-electron chi connectivity index (χ1n) is 12.6. The number of aromatic nitrogens is 1. The molecule has 2 unspecified atom stereocenters. The van der Waals surface area contributed by atoms with Gasteiger partial charge in [0.25, 0.3) is 0 Å². The Morgan fingerprint density at radius 1 is 1.09 bits per heavy atom. The SMILES string of the molecule is CC1(C)CCN(c2cc(C(C)(C)NC(=O)OC(C)(C)C)cc(OC3C4CN(C(=O)O)CC43)n2)CC1. The fraction of sp³-hybridized carbons (Fsp3) is 0.731. The molecule has 0 bridgehead atoms. The van der Waals surface area contributed by atoms with Crippen molar-refractivity contribution < 1.29 is 24.2 Å². The fourth-order valence-corrected chi connectivity index (χ4v) is 4.99. The van der Waals surface area contributed by atoms with Crippen LogP contribution in [0.15, 0.2) is 12.1 Å². The topological polar surface area (TPSA) is 104 Å². The Balaban J connectivity index is 1.55. The maximum absolute atomic E-state index is 12.6. The highest BCUT2D eigenvalue weighted by atomic mass is 16.6. The lowest BCUT2D eigenvalue weighted by molar-refractivity contribution is 0.0470. The van der Waals surface area contributed by atoms with Crippen LogP contribution in [0.2, 0.25) is 0 Å². The van der Waals surface area contributed by atoms with Gasteiger partial charge in [0.2, 0.25) is 5.88 Å². The number of carboxylic acid groups (broad SMARTS) is 1. The Kier molecular flexibility index (Phi) is 6.34. The molecule has 0 spiro atoms. The molecular weight excluding hydrogens is 448 g/mol. The van der Waals surface area contributed by atoms with Crippen molar-refractivity contribution in [1.29, 1.82) is 0 Å². The zero-order valence-electron chi connectivity index (χ0n) is 22.1. The highest BCUT2D eigenvalue weighted by Gasteiger charge is 2.59. The van der Waals surface area contributed by atoms with E-state index in [9.17, 15) is 14.7 Å². The number of carbonyl (C=O) groups excluding carboxylic acids is 1. The van der Waals surface area contributed by atoms with Crippen LogP contribution in [0.1, 0.15) is 66.9 Å². The van der Waals surface area contributed by atoms with Crippen LogP contribution in [-0.2, 0) is 10.3 Å². The number of nitrogens with zero attached hydrogens (tertiary/aromatic N) is 3. The van der Waals surface area contributed by atoms with Gasteiger partial charge in [-0.15, -0.1) is 0 Å². The molecule has 2 amide bonds. The number of pyridine rings is 1. The van der Waals surface area contributed by atoms with Crippen molar-refractivity contribution in [3.63, 3.8) is 0 Å². The molecule has 2 saturated heterocycles. The highest BCUT2D eigenvalue weighted by molar-refractivity contribution is 5.69. The first-order valence-corrected chi connectivity index (χ1v) is 12.6. The van der Waals surface area contributed by atoms with Crippen molar-refractivity contribution >= 4 is 18.0 Å². The van der Waals surface area contributed by atoms with E-state index in [1.165, 1.54) is 4.90 Å². The molecule has 1 saturated carbocycles. The third-order valence-corrected chi connectivity index (χ3v) is 7.41. The standard InChI is InChI=1S/C26H40N4O5/c1-24(2,3)35-22(31)28-26(6,7)16-12-19(29-10-8-25(4,5)9-11-29)27-20(13-16)34-21-17-14-30(23(32)33)15-18(17)21/h12-13,17-18,21H,8-11,14-15H2,1-7H3,(H,28,31)(H,32,33). The number of rotatable bonds is 5. The minimum Gasteiger partial charge on any atom is -0.474 e. The van der Waals surface area contributed by atoms with Crippen LogP contribution in [0.4, 0.5) is 15.4 Å². The van der Waals surface area contributed by atoms with Crippen molar-refractivity contribution in [3.8, 4) is 5.88 Å². The fourth-order valence-electron chi connectivity index (χ4n) is 4.99. The van der Waals surface area contributed by atoms with E-state index in [2.05, 4.69) is 24.1 Å². The van der Waals surface area contributed by atoms with Gasteiger partial charge in [-0.25, -0.2) is 9.59 Å². The van der Waals surface area contributed by atoms with Gasteiger partial charge in [-0.1, -0.05) is 13.8 Å². The van der Waals surface area contributed by atoms with Crippen LogP contribution >= 0.6 is 0 Å². The van der Waals surface area contributed by atoms with Crippen molar-refractivity contribution in [3.05, 3.63) is 17.7 Å². The quantitative estimate of drug-likeness (QED) is 0.631. The smallest absolute Gasteiger partial charge is 0.408 e. The Labute approximate surface area is 208 Å². The van der Waals surface area contributed by atoms with E-state index in [0.29, 0.717) is 24.4 Å². The number of hydrogen-bond donors (Lipinski definition) is 2. The summed E-state index contributed by atoms with van der Waals surface area (Å²) in [5.41, 5.74) is -0.114. The molecule has 0 aromatic carbocycles. The first kappa shape index (κ1) is 25.4. The third-order valence-electron chi connectivity index (χ3n) is 7.41. The Hall–Kier alpha value is -2.71. The summed E-state index contributed by atoms with van der Waals surface area (Å²) >= 11 is 0. The maximum Gasteiger partial charge on any atom is 0.408 e. The molecular formula is C26H40N4O5. The van der Waals surface area contributed by atoms with Gasteiger partial charge in [-0.05, 0) is 64.5 Å². The second kappa shape index (κ2) is 8.75. The number of alkyl carbamates (subject to hydrolysis) is 1. The molecule has 194 valence electrons. The summed E-state index contributed by atoms with van der Waals surface area (Å²) in [5.74, 6) is 1.78. The van der Waals surface area contributed by atoms with Crippen molar-refractivity contribution in [2.75, 3.05) is 31.1 Å². The van der Waals surface area contributed by atoms with Gasteiger partial charge in [0, 0.05) is 44.1 Å². The van der Waals surface area contributed by atoms with E-state index in [-0.39, 0.29) is 17.9 Å². The molecule has 9 nitrogen and oxygen atoms in total. The van der Waals surface area contributed by atoms with Gasteiger partial charge in [0.05, 0.1) is 5.54 Å². The number of ether oxygens (including phenoxy) is 2. The van der Waals surface area contributed by atoms with Gasteiger partial charge in [-0.3, -0.25) is 0 Å². The van der Waals surface area contributed by atoms with Gasteiger partial charge < -0.3 is 29.7 Å². The summed E-state index contributed by atoms with van der Waals surface area (Å²) in [6.07, 6.45) is 0.775. The van der Waals surface area contributed by atoms with Gasteiger partial charge in [0.15, 0.2) is 0 Å². The third kappa shape index (κ3) is 5.93. The minimum absolute atomic E-state index is 0.0246. The van der Waals surface area contributed by atoms with E-state index in [4.69, 9.17) is 14.5 Å². The average Bonchev–Trinajstić information content (AvgIpc) is 3.14. The second-order valence-electron chi connectivity index (χ2n) is 12.6. The van der Waals surface area contributed by atoms with Crippen LogP contribution in [0.25, 0.3) is 0 Å². The molecule has 2 N–H and O–H groups in total. The maximum atomic E-state index is 12.6. The number of carbonyl (C=O) groups is 2. The predicted molar refractivity (Wildman–Crippen MR) is 133 cm³/mol. The molecule has 3 heterocycles.